The molecule has 2 heterocycles. The Morgan fingerprint density at radius 3 is 2.52 bits per heavy atom. The number of carboxylic acid groups (broad SMARTS) is 1. The van der Waals surface area contributed by atoms with Crippen molar-refractivity contribution in [3.05, 3.63) is 34.9 Å². The van der Waals surface area contributed by atoms with E-state index in [9.17, 15) is 9.59 Å². The van der Waals surface area contributed by atoms with E-state index < -0.39 is 5.97 Å². The predicted octanol–water partition coefficient (Wildman–Crippen LogP) is 2.35. The molecule has 5 heteroatoms. The normalized spacial score (nSPS) is 18.9. The minimum Gasteiger partial charge on any atom is -0.481 e. The maximum atomic E-state index is 12.6. The Hall–Kier alpha value is -1.88. The van der Waals surface area contributed by atoms with Crippen LogP contribution in [0.4, 0.5) is 0 Å². The number of carbonyl (C=O) groups excluding carboxylic acids is 1. The van der Waals surface area contributed by atoms with Crippen LogP contribution >= 0.6 is 0 Å². The Balaban J connectivity index is 1.66. The first-order chi connectivity index (χ1) is 11.1. The maximum Gasteiger partial charge on any atom is 0.306 e. The van der Waals surface area contributed by atoms with Crippen molar-refractivity contribution in [3.63, 3.8) is 0 Å². The molecule has 1 aromatic rings. The highest BCUT2D eigenvalue weighted by Crippen LogP contribution is 2.25. The molecule has 124 valence electrons. The lowest BCUT2D eigenvalue weighted by atomic mass is 9.96. The monoisotopic (exact) mass is 316 g/mol. The van der Waals surface area contributed by atoms with Crippen LogP contribution in [-0.2, 0) is 17.9 Å². The first kappa shape index (κ1) is 16.0. The van der Waals surface area contributed by atoms with Crippen molar-refractivity contribution in [2.75, 3.05) is 19.6 Å². The van der Waals surface area contributed by atoms with E-state index in [1.807, 2.05) is 12.1 Å². The molecule has 3 rings (SSSR count). The summed E-state index contributed by atoms with van der Waals surface area (Å²) in [6.07, 6.45) is 2.24. The van der Waals surface area contributed by atoms with Crippen LogP contribution in [0.5, 0.6) is 0 Å². The van der Waals surface area contributed by atoms with Gasteiger partial charge in [-0.2, -0.15) is 0 Å². The van der Waals surface area contributed by atoms with E-state index in [-0.39, 0.29) is 11.8 Å². The summed E-state index contributed by atoms with van der Waals surface area (Å²) in [6, 6.07) is 6.01. The third-order valence-corrected chi connectivity index (χ3v) is 4.91. The summed E-state index contributed by atoms with van der Waals surface area (Å²) >= 11 is 0. The number of fused-ring (bicyclic) bond motifs is 1. The van der Waals surface area contributed by atoms with Crippen LogP contribution in [0.15, 0.2) is 18.2 Å². The third-order valence-electron chi connectivity index (χ3n) is 4.91. The summed E-state index contributed by atoms with van der Waals surface area (Å²) in [5.74, 6) is -1.02. The molecule has 1 saturated heterocycles. The number of aliphatic carboxylic acids is 1. The van der Waals surface area contributed by atoms with Gasteiger partial charge in [0.2, 0.25) is 0 Å². The molecule has 0 aliphatic carbocycles. The van der Waals surface area contributed by atoms with Gasteiger partial charge in [0.05, 0.1) is 5.92 Å². The van der Waals surface area contributed by atoms with E-state index in [0.29, 0.717) is 25.9 Å². The molecule has 1 fully saturated rings. The lowest BCUT2D eigenvalue weighted by Gasteiger charge is -2.30. The number of nitrogens with zero attached hydrogens (tertiary/aromatic N) is 2. The van der Waals surface area contributed by atoms with E-state index in [4.69, 9.17) is 5.11 Å². The van der Waals surface area contributed by atoms with Crippen LogP contribution in [0.1, 0.15) is 47.7 Å². The van der Waals surface area contributed by atoms with E-state index in [2.05, 4.69) is 17.9 Å². The second-order valence-electron chi connectivity index (χ2n) is 6.60. The van der Waals surface area contributed by atoms with Crippen LogP contribution in [-0.4, -0.2) is 46.4 Å². The van der Waals surface area contributed by atoms with Crippen LogP contribution in [0.3, 0.4) is 0 Å². The fourth-order valence-corrected chi connectivity index (χ4v) is 3.58. The zero-order valence-electron chi connectivity index (χ0n) is 13.6. The number of piperidine rings is 1. The zero-order valence-corrected chi connectivity index (χ0v) is 13.6. The summed E-state index contributed by atoms with van der Waals surface area (Å²) in [4.78, 5) is 27.8. The SMILES string of the molecule is CCCN1Cc2ccc(C(=O)N3CCC(C(=O)O)CC3)cc2C1. The molecule has 0 atom stereocenters. The zero-order chi connectivity index (χ0) is 16.4. The van der Waals surface area contributed by atoms with Gasteiger partial charge in [-0.05, 0) is 49.1 Å². The van der Waals surface area contributed by atoms with Crippen molar-refractivity contribution in [2.24, 2.45) is 5.92 Å². The van der Waals surface area contributed by atoms with Gasteiger partial charge in [0.1, 0.15) is 0 Å². The molecule has 5 nitrogen and oxygen atoms in total. The van der Waals surface area contributed by atoms with E-state index >= 15 is 0 Å². The first-order valence-electron chi connectivity index (χ1n) is 8.44. The molecule has 1 amide bonds. The molecule has 23 heavy (non-hydrogen) atoms. The number of carbonyl (C=O) groups is 2. The molecule has 1 aromatic carbocycles. The number of benzene rings is 1. The van der Waals surface area contributed by atoms with Crippen LogP contribution in [0.25, 0.3) is 0 Å². The number of hydrogen-bond acceptors (Lipinski definition) is 3. The molecule has 0 bridgehead atoms. The number of rotatable bonds is 4. The lowest BCUT2D eigenvalue weighted by molar-refractivity contribution is -0.143. The Kier molecular flexibility index (Phi) is 4.66. The van der Waals surface area contributed by atoms with E-state index in [1.165, 1.54) is 11.1 Å². The molecular weight excluding hydrogens is 292 g/mol. The summed E-state index contributed by atoms with van der Waals surface area (Å²) in [7, 11) is 0. The van der Waals surface area contributed by atoms with Crippen LogP contribution in [0, 0.1) is 5.92 Å². The average Bonchev–Trinajstić information content (AvgIpc) is 2.96. The molecule has 0 saturated carbocycles. The van der Waals surface area contributed by atoms with E-state index in [1.54, 1.807) is 4.90 Å². The molecule has 2 aliphatic rings. The van der Waals surface area contributed by atoms with E-state index in [0.717, 1.165) is 31.6 Å². The van der Waals surface area contributed by atoms with Gasteiger partial charge < -0.3 is 10.0 Å². The predicted molar refractivity (Wildman–Crippen MR) is 87.1 cm³/mol. The van der Waals surface area contributed by atoms with Crippen LogP contribution < -0.4 is 0 Å². The number of amides is 1. The fourth-order valence-electron chi connectivity index (χ4n) is 3.58. The Bertz CT molecular complexity index is 606. The summed E-state index contributed by atoms with van der Waals surface area (Å²) in [6.45, 7) is 6.23. The molecule has 0 unspecified atom stereocenters. The van der Waals surface area contributed by atoms with Crippen molar-refractivity contribution in [1.82, 2.24) is 9.80 Å². The molecular formula is C18H24N2O3. The minimum atomic E-state index is -0.745. The quantitative estimate of drug-likeness (QED) is 0.926. The summed E-state index contributed by atoms with van der Waals surface area (Å²) in [5.41, 5.74) is 3.31. The first-order valence-corrected chi connectivity index (χ1v) is 8.44. The standard InChI is InChI=1S/C18H24N2O3/c1-2-7-19-11-15-4-3-14(10-16(15)12-19)17(21)20-8-5-13(6-9-20)18(22)23/h3-4,10,13H,2,5-9,11-12H2,1H3,(H,22,23). The molecule has 0 aromatic heterocycles. The van der Waals surface area contributed by atoms with Gasteiger partial charge in [0.15, 0.2) is 0 Å². The van der Waals surface area contributed by atoms with Gasteiger partial charge in [-0.15, -0.1) is 0 Å². The smallest absolute Gasteiger partial charge is 0.306 e. The molecule has 0 spiro atoms. The number of hydrogen-bond donors (Lipinski definition) is 1. The van der Waals surface area contributed by atoms with Crippen molar-refractivity contribution in [3.8, 4) is 0 Å². The number of likely N-dealkylation sites (tertiary alicyclic amines) is 1. The largest absolute Gasteiger partial charge is 0.481 e. The molecule has 1 N–H and O–H groups in total. The summed E-state index contributed by atoms with van der Waals surface area (Å²) in [5, 5.41) is 9.05. The number of carboxylic acids is 1. The summed E-state index contributed by atoms with van der Waals surface area (Å²) < 4.78 is 0. The van der Waals surface area contributed by atoms with Gasteiger partial charge in [-0.3, -0.25) is 14.5 Å². The Labute approximate surface area is 136 Å². The highest BCUT2D eigenvalue weighted by atomic mass is 16.4. The molecule has 2 aliphatic heterocycles. The van der Waals surface area contributed by atoms with Gasteiger partial charge in [0, 0.05) is 31.7 Å². The van der Waals surface area contributed by atoms with Crippen LogP contribution in [0.2, 0.25) is 0 Å². The highest BCUT2D eigenvalue weighted by molar-refractivity contribution is 5.94. The lowest BCUT2D eigenvalue weighted by Crippen LogP contribution is -2.40. The second kappa shape index (κ2) is 6.71. The Morgan fingerprint density at radius 1 is 1.17 bits per heavy atom. The molecule has 0 radical (unpaired) electrons. The minimum absolute atomic E-state index is 0.0329. The Morgan fingerprint density at radius 2 is 1.87 bits per heavy atom. The van der Waals surface area contributed by atoms with Crippen molar-refractivity contribution in [1.29, 1.82) is 0 Å². The topological polar surface area (TPSA) is 60.9 Å². The maximum absolute atomic E-state index is 12.6. The highest BCUT2D eigenvalue weighted by Gasteiger charge is 2.28. The second-order valence-corrected chi connectivity index (χ2v) is 6.60. The van der Waals surface area contributed by atoms with Gasteiger partial charge in [-0.1, -0.05) is 13.0 Å². The van der Waals surface area contributed by atoms with Crippen molar-refractivity contribution >= 4 is 11.9 Å². The van der Waals surface area contributed by atoms with Crippen molar-refractivity contribution < 1.29 is 14.7 Å². The van der Waals surface area contributed by atoms with Crippen molar-refractivity contribution in [2.45, 2.75) is 39.3 Å². The van der Waals surface area contributed by atoms with Gasteiger partial charge in [-0.25, -0.2) is 0 Å². The average molecular weight is 316 g/mol. The van der Waals surface area contributed by atoms with Gasteiger partial charge >= 0.3 is 5.97 Å². The fraction of sp³-hybridized carbons (Fsp3) is 0.556. The van der Waals surface area contributed by atoms with Gasteiger partial charge in [0.25, 0.3) is 5.91 Å². The third kappa shape index (κ3) is 3.39.